The lowest BCUT2D eigenvalue weighted by molar-refractivity contribution is 0.259. The van der Waals surface area contributed by atoms with Gasteiger partial charge in [0.25, 0.3) is 0 Å². The molecule has 0 aromatic heterocycles. The van der Waals surface area contributed by atoms with E-state index in [0.29, 0.717) is 17.1 Å². The monoisotopic (exact) mass is 320 g/mol. The van der Waals surface area contributed by atoms with Gasteiger partial charge in [-0.15, -0.1) is 0 Å². The SMILES string of the molecule is O=C(Nc1ccccc1)N(c1cccc(O)c1)c1cccc(O)c1. The molecule has 0 spiro atoms. The summed E-state index contributed by atoms with van der Waals surface area (Å²) in [6.07, 6.45) is 0. The molecule has 5 nitrogen and oxygen atoms in total. The Morgan fingerprint density at radius 1 is 0.750 bits per heavy atom. The molecule has 0 aliphatic heterocycles. The molecule has 0 saturated carbocycles. The van der Waals surface area contributed by atoms with E-state index in [1.54, 1.807) is 36.4 Å². The average molecular weight is 320 g/mol. The maximum Gasteiger partial charge on any atom is 0.330 e. The van der Waals surface area contributed by atoms with E-state index in [4.69, 9.17) is 0 Å². The average Bonchev–Trinajstić information content (AvgIpc) is 2.56. The Balaban J connectivity index is 2.00. The van der Waals surface area contributed by atoms with Crippen molar-refractivity contribution in [2.24, 2.45) is 0 Å². The lowest BCUT2D eigenvalue weighted by atomic mass is 10.2. The van der Waals surface area contributed by atoms with Crippen LogP contribution in [0.15, 0.2) is 78.9 Å². The highest BCUT2D eigenvalue weighted by Gasteiger charge is 2.19. The Morgan fingerprint density at radius 2 is 1.29 bits per heavy atom. The molecule has 3 aromatic carbocycles. The smallest absolute Gasteiger partial charge is 0.330 e. The summed E-state index contributed by atoms with van der Waals surface area (Å²) in [5.41, 5.74) is 1.61. The third kappa shape index (κ3) is 3.47. The first kappa shape index (κ1) is 15.4. The summed E-state index contributed by atoms with van der Waals surface area (Å²) in [6, 6.07) is 21.4. The second-order valence-corrected chi connectivity index (χ2v) is 5.17. The molecule has 0 heterocycles. The lowest BCUT2D eigenvalue weighted by Gasteiger charge is -2.23. The van der Waals surface area contributed by atoms with Gasteiger partial charge in [0.1, 0.15) is 11.5 Å². The molecular formula is C19H16N2O3. The number of para-hydroxylation sites is 1. The molecular weight excluding hydrogens is 304 g/mol. The summed E-state index contributed by atoms with van der Waals surface area (Å²) >= 11 is 0. The highest BCUT2D eigenvalue weighted by molar-refractivity contribution is 6.07. The third-order valence-corrected chi connectivity index (χ3v) is 3.40. The number of hydrogen-bond donors (Lipinski definition) is 3. The largest absolute Gasteiger partial charge is 0.508 e. The highest BCUT2D eigenvalue weighted by atomic mass is 16.3. The van der Waals surface area contributed by atoms with Crippen molar-refractivity contribution < 1.29 is 15.0 Å². The molecule has 0 atom stereocenters. The van der Waals surface area contributed by atoms with Gasteiger partial charge in [-0.1, -0.05) is 30.3 Å². The minimum atomic E-state index is -0.405. The van der Waals surface area contributed by atoms with Crippen LogP contribution >= 0.6 is 0 Å². The van der Waals surface area contributed by atoms with Crippen LogP contribution in [0.2, 0.25) is 0 Å². The highest BCUT2D eigenvalue weighted by Crippen LogP contribution is 2.30. The molecule has 3 aromatic rings. The van der Waals surface area contributed by atoms with E-state index in [1.165, 1.54) is 29.2 Å². The summed E-state index contributed by atoms with van der Waals surface area (Å²) < 4.78 is 0. The number of carbonyl (C=O) groups excluding carboxylic acids is 1. The number of carbonyl (C=O) groups is 1. The maximum absolute atomic E-state index is 12.8. The molecule has 0 bridgehead atoms. The van der Waals surface area contributed by atoms with E-state index in [1.807, 2.05) is 18.2 Å². The van der Waals surface area contributed by atoms with E-state index >= 15 is 0 Å². The van der Waals surface area contributed by atoms with Crippen molar-refractivity contribution >= 4 is 23.1 Å². The Bertz CT molecular complexity index is 804. The summed E-state index contributed by atoms with van der Waals surface area (Å²) in [7, 11) is 0. The first-order valence-corrected chi connectivity index (χ1v) is 7.38. The standard InChI is InChI=1S/C19H16N2O3/c22-17-10-4-8-15(12-17)21(16-9-5-11-18(23)13-16)19(24)20-14-6-2-1-3-7-14/h1-13,22-23H,(H,20,24). The topological polar surface area (TPSA) is 72.8 Å². The zero-order valence-electron chi connectivity index (χ0n) is 12.8. The van der Waals surface area contributed by atoms with Gasteiger partial charge in [0.15, 0.2) is 0 Å². The molecule has 120 valence electrons. The van der Waals surface area contributed by atoms with Crippen LogP contribution in [0.3, 0.4) is 0 Å². The van der Waals surface area contributed by atoms with E-state index in [0.717, 1.165) is 0 Å². The van der Waals surface area contributed by atoms with Crippen LogP contribution in [-0.2, 0) is 0 Å². The number of urea groups is 1. The van der Waals surface area contributed by atoms with Gasteiger partial charge in [-0.25, -0.2) is 4.79 Å². The number of benzene rings is 3. The summed E-state index contributed by atoms with van der Waals surface area (Å²) in [4.78, 5) is 14.2. The molecule has 3 rings (SSSR count). The summed E-state index contributed by atoms with van der Waals surface area (Å²) in [5, 5.41) is 22.3. The molecule has 2 amide bonds. The predicted molar refractivity (Wildman–Crippen MR) is 93.8 cm³/mol. The molecule has 5 heteroatoms. The van der Waals surface area contributed by atoms with Gasteiger partial charge < -0.3 is 15.5 Å². The number of aromatic hydroxyl groups is 2. The molecule has 0 radical (unpaired) electrons. The first-order valence-electron chi connectivity index (χ1n) is 7.38. The number of phenolic OH excluding ortho intramolecular Hbond substituents is 2. The minimum absolute atomic E-state index is 0.0464. The van der Waals surface area contributed by atoms with Crippen LogP contribution in [0, 0.1) is 0 Å². The Hall–Kier alpha value is -3.47. The van der Waals surface area contributed by atoms with Crippen LogP contribution in [0.4, 0.5) is 21.9 Å². The Morgan fingerprint density at radius 3 is 1.79 bits per heavy atom. The molecule has 0 fully saturated rings. The maximum atomic E-state index is 12.8. The van der Waals surface area contributed by atoms with E-state index in [9.17, 15) is 15.0 Å². The minimum Gasteiger partial charge on any atom is -0.508 e. The fraction of sp³-hybridized carbons (Fsp3) is 0. The van der Waals surface area contributed by atoms with Crippen LogP contribution in [0.1, 0.15) is 0 Å². The fourth-order valence-electron chi connectivity index (χ4n) is 2.35. The van der Waals surface area contributed by atoms with Crippen LogP contribution in [0.25, 0.3) is 0 Å². The Kier molecular flexibility index (Phi) is 4.34. The molecule has 0 unspecified atom stereocenters. The summed E-state index contributed by atoms with van der Waals surface area (Å²) in [5.74, 6) is 0.0929. The number of anilines is 3. The molecule has 3 N–H and O–H groups in total. The zero-order chi connectivity index (χ0) is 16.9. The van der Waals surface area contributed by atoms with Gasteiger partial charge in [0, 0.05) is 17.8 Å². The van der Waals surface area contributed by atoms with Crippen molar-refractivity contribution in [2.45, 2.75) is 0 Å². The van der Waals surface area contributed by atoms with Crippen molar-refractivity contribution in [3.8, 4) is 11.5 Å². The van der Waals surface area contributed by atoms with Crippen molar-refractivity contribution in [1.29, 1.82) is 0 Å². The predicted octanol–water partition coefficient (Wildman–Crippen LogP) is 4.47. The van der Waals surface area contributed by atoms with Crippen LogP contribution < -0.4 is 10.2 Å². The number of nitrogens with one attached hydrogen (secondary N) is 1. The zero-order valence-corrected chi connectivity index (χ0v) is 12.8. The lowest BCUT2D eigenvalue weighted by Crippen LogP contribution is -2.30. The molecule has 0 aliphatic rings. The first-order chi connectivity index (χ1) is 11.6. The van der Waals surface area contributed by atoms with Crippen LogP contribution in [-0.4, -0.2) is 16.2 Å². The van der Waals surface area contributed by atoms with Crippen molar-refractivity contribution in [3.05, 3.63) is 78.9 Å². The number of rotatable bonds is 3. The second-order valence-electron chi connectivity index (χ2n) is 5.17. The van der Waals surface area contributed by atoms with Crippen LogP contribution in [0.5, 0.6) is 11.5 Å². The quantitative estimate of drug-likeness (QED) is 0.667. The van der Waals surface area contributed by atoms with Gasteiger partial charge in [-0.2, -0.15) is 0 Å². The fourth-order valence-corrected chi connectivity index (χ4v) is 2.35. The van der Waals surface area contributed by atoms with Gasteiger partial charge in [0.2, 0.25) is 0 Å². The Labute approximate surface area is 139 Å². The van der Waals surface area contributed by atoms with Gasteiger partial charge >= 0.3 is 6.03 Å². The third-order valence-electron chi connectivity index (χ3n) is 3.40. The normalized spacial score (nSPS) is 10.2. The van der Waals surface area contributed by atoms with Gasteiger partial charge in [-0.3, -0.25) is 4.90 Å². The number of amides is 2. The van der Waals surface area contributed by atoms with Crippen molar-refractivity contribution in [3.63, 3.8) is 0 Å². The van der Waals surface area contributed by atoms with E-state index in [2.05, 4.69) is 5.32 Å². The molecule has 0 saturated heterocycles. The van der Waals surface area contributed by atoms with Crippen molar-refractivity contribution in [1.82, 2.24) is 0 Å². The summed E-state index contributed by atoms with van der Waals surface area (Å²) in [6.45, 7) is 0. The van der Waals surface area contributed by atoms with E-state index in [-0.39, 0.29) is 11.5 Å². The van der Waals surface area contributed by atoms with Gasteiger partial charge in [-0.05, 0) is 36.4 Å². The number of hydrogen-bond acceptors (Lipinski definition) is 3. The molecule has 24 heavy (non-hydrogen) atoms. The number of nitrogens with zero attached hydrogens (tertiary/aromatic N) is 1. The second kappa shape index (κ2) is 6.75. The number of phenols is 2. The molecule has 0 aliphatic carbocycles. The van der Waals surface area contributed by atoms with E-state index < -0.39 is 6.03 Å². The van der Waals surface area contributed by atoms with Crippen molar-refractivity contribution in [2.75, 3.05) is 10.2 Å². The van der Waals surface area contributed by atoms with Gasteiger partial charge in [0.05, 0.1) is 11.4 Å².